The zero-order valence-corrected chi connectivity index (χ0v) is 12.3. The number of ether oxygens (including phenoxy) is 1. The lowest BCUT2D eigenvalue weighted by Crippen LogP contribution is -2.38. The topological polar surface area (TPSA) is 74.2 Å². The van der Waals surface area contributed by atoms with Gasteiger partial charge in [-0.1, -0.05) is 11.2 Å². The molecule has 2 rings (SSSR count). The lowest BCUT2D eigenvalue weighted by molar-refractivity contribution is 0.135. The van der Waals surface area contributed by atoms with Gasteiger partial charge in [-0.05, 0) is 47.7 Å². The molecule has 0 aliphatic rings. The second-order valence-corrected chi connectivity index (χ2v) is 5.53. The van der Waals surface area contributed by atoms with Crippen molar-refractivity contribution < 1.29 is 9.26 Å². The molecule has 96 valence electrons. The highest BCUT2D eigenvalue weighted by Crippen LogP contribution is 2.22. The molecule has 18 heavy (non-hydrogen) atoms. The molecule has 1 aromatic carbocycles. The first kappa shape index (κ1) is 13.4. The van der Waals surface area contributed by atoms with Gasteiger partial charge in [-0.15, -0.1) is 0 Å². The lowest BCUT2D eigenvalue weighted by atomic mass is 10.1. The molecule has 0 aliphatic carbocycles. The van der Waals surface area contributed by atoms with Crippen LogP contribution in [0.5, 0.6) is 0 Å². The van der Waals surface area contributed by atoms with Gasteiger partial charge in [-0.2, -0.15) is 4.98 Å². The van der Waals surface area contributed by atoms with Crippen molar-refractivity contribution in [1.29, 1.82) is 0 Å². The highest BCUT2D eigenvalue weighted by atomic mass is 127. The van der Waals surface area contributed by atoms with Crippen LogP contribution in [0.2, 0.25) is 0 Å². The standard InChI is InChI=1S/C12H14IN3O2/c1-12(14,7-17-2)11-15-10(18-16-11)8-4-3-5-9(13)6-8/h3-6H,7,14H2,1-2H3. The fourth-order valence-corrected chi connectivity index (χ4v) is 2.10. The minimum atomic E-state index is -0.752. The van der Waals surface area contributed by atoms with Crippen LogP contribution in [0.3, 0.4) is 0 Å². The maximum atomic E-state index is 6.06. The molecule has 2 aromatic rings. The summed E-state index contributed by atoms with van der Waals surface area (Å²) in [5.41, 5.74) is 6.19. The maximum absolute atomic E-state index is 6.06. The van der Waals surface area contributed by atoms with Crippen LogP contribution in [0, 0.1) is 3.57 Å². The van der Waals surface area contributed by atoms with Crippen LogP contribution in [0.15, 0.2) is 28.8 Å². The molecule has 0 aliphatic heterocycles. The van der Waals surface area contributed by atoms with Crippen LogP contribution in [-0.2, 0) is 10.3 Å². The van der Waals surface area contributed by atoms with Crippen LogP contribution < -0.4 is 5.73 Å². The summed E-state index contributed by atoms with van der Waals surface area (Å²) in [5.74, 6) is 0.912. The number of aromatic nitrogens is 2. The minimum Gasteiger partial charge on any atom is -0.382 e. The molecule has 0 saturated heterocycles. The summed E-state index contributed by atoms with van der Waals surface area (Å²) in [6, 6.07) is 7.84. The quantitative estimate of drug-likeness (QED) is 0.847. The van der Waals surface area contributed by atoms with Crippen LogP contribution in [-0.4, -0.2) is 23.9 Å². The van der Waals surface area contributed by atoms with Crippen molar-refractivity contribution in [2.75, 3.05) is 13.7 Å². The Hall–Kier alpha value is -0.990. The first-order valence-corrected chi connectivity index (χ1v) is 6.49. The summed E-state index contributed by atoms with van der Waals surface area (Å²) in [5, 5.41) is 3.92. The van der Waals surface area contributed by atoms with E-state index >= 15 is 0 Å². The normalized spacial score (nSPS) is 14.4. The van der Waals surface area contributed by atoms with E-state index in [2.05, 4.69) is 32.7 Å². The summed E-state index contributed by atoms with van der Waals surface area (Å²) >= 11 is 2.23. The average Bonchev–Trinajstić information content (AvgIpc) is 2.78. The van der Waals surface area contributed by atoms with Gasteiger partial charge in [0, 0.05) is 16.2 Å². The Morgan fingerprint density at radius 2 is 2.28 bits per heavy atom. The molecule has 0 spiro atoms. The molecule has 0 bridgehead atoms. The van der Waals surface area contributed by atoms with Crippen LogP contribution in [0.25, 0.3) is 11.5 Å². The van der Waals surface area contributed by atoms with Crippen molar-refractivity contribution in [2.24, 2.45) is 5.73 Å². The molecule has 0 saturated carbocycles. The fourth-order valence-electron chi connectivity index (χ4n) is 1.56. The molecule has 1 unspecified atom stereocenters. The van der Waals surface area contributed by atoms with Crippen molar-refractivity contribution in [2.45, 2.75) is 12.5 Å². The van der Waals surface area contributed by atoms with Crippen LogP contribution in [0.4, 0.5) is 0 Å². The van der Waals surface area contributed by atoms with Crippen molar-refractivity contribution in [3.63, 3.8) is 0 Å². The van der Waals surface area contributed by atoms with Gasteiger partial charge < -0.3 is 15.0 Å². The number of benzene rings is 1. The predicted molar refractivity (Wildman–Crippen MR) is 75.9 cm³/mol. The van der Waals surface area contributed by atoms with E-state index in [9.17, 15) is 0 Å². The fraction of sp³-hybridized carbons (Fsp3) is 0.333. The van der Waals surface area contributed by atoms with Crippen molar-refractivity contribution in [3.05, 3.63) is 33.7 Å². The zero-order valence-electron chi connectivity index (χ0n) is 10.2. The molecule has 2 N–H and O–H groups in total. The minimum absolute atomic E-state index is 0.332. The Kier molecular flexibility index (Phi) is 3.98. The van der Waals surface area contributed by atoms with E-state index in [4.69, 9.17) is 15.0 Å². The molecule has 0 amide bonds. The molecule has 5 nitrogen and oxygen atoms in total. The van der Waals surface area contributed by atoms with Gasteiger partial charge in [0.05, 0.1) is 6.61 Å². The van der Waals surface area contributed by atoms with E-state index in [1.807, 2.05) is 24.3 Å². The Bertz CT molecular complexity index is 540. The van der Waals surface area contributed by atoms with Gasteiger partial charge in [-0.25, -0.2) is 0 Å². The number of hydrogen-bond donors (Lipinski definition) is 1. The molecule has 0 fully saturated rings. The predicted octanol–water partition coefficient (Wildman–Crippen LogP) is 2.16. The SMILES string of the molecule is COCC(C)(N)c1noc(-c2cccc(I)c2)n1. The van der Waals surface area contributed by atoms with E-state index in [-0.39, 0.29) is 0 Å². The average molecular weight is 359 g/mol. The third-order valence-corrected chi connectivity index (χ3v) is 3.12. The van der Waals surface area contributed by atoms with Gasteiger partial charge in [0.2, 0.25) is 0 Å². The smallest absolute Gasteiger partial charge is 0.258 e. The van der Waals surface area contributed by atoms with Gasteiger partial charge in [-0.3, -0.25) is 0 Å². The van der Waals surface area contributed by atoms with Crippen molar-refractivity contribution >= 4 is 22.6 Å². The van der Waals surface area contributed by atoms with Crippen molar-refractivity contribution in [3.8, 4) is 11.5 Å². The highest BCUT2D eigenvalue weighted by Gasteiger charge is 2.27. The van der Waals surface area contributed by atoms with Crippen LogP contribution in [0.1, 0.15) is 12.7 Å². The van der Waals surface area contributed by atoms with Gasteiger partial charge >= 0.3 is 0 Å². The van der Waals surface area contributed by atoms with Gasteiger partial charge in [0.1, 0.15) is 5.54 Å². The molecule has 1 atom stereocenters. The molecular weight excluding hydrogens is 345 g/mol. The second kappa shape index (κ2) is 5.33. The van der Waals surface area contributed by atoms with Crippen LogP contribution >= 0.6 is 22.6 Å². The zero-order chi connectivity index (χ0) is 13.2. The summed E-state index contributed by atoms with van der Waals surface area (Å²) in [6.45, 7) is 2.14. The highest BCUT2D eigenvalue weighted by molar-refractivity contribution is 14.1. The van der Waals surface area contributed by atoms with Crippen molar-refractivity contribution in [1.82, 2.24) is 10.1 Å². The second-order valence-electron chi connectivity index (χ2n) is 4.28. The molecule has 6 heteroatoms. The first-order valence-electron chi connectivity index (χ1n) is 5.41. The van der Waals surface area contributed by atoms with E-state index in [1.165, 1.54) is 0 Å². The summed E-state index contributed by atoms with van der Waals surface area (Å²) in [7, 11) is 1.59. The third kappa shape index (κ3) is 2.88. The Morgan fingerprint density at radius 3 is 2.94 bits per heavy atom. The third-order valence-electron chi connectivity index (χ3n) is 2.45. The van der Waals surface area contributed by atoms with Gasteiger partial charge in [0.25, 0.3) is 5.89 Å². The molecule has 1 aromatic heterocycles. The number of nitrogens with two attached hydrogens (primary N) is 1. The Labute approximate surface area is 119 Å². The molecule has 0 radical (unpaired) electrons. The molecular formula is C12H14IN3O2. The lowest BCUT2D eigenvalue weighted by Gasteiger charge is -2.18. The van der Waals surface area contributed by atoms with Gasteiger partial charge in [0.15, 0.2) is 5.82 Å². The van der Waals surface area contributed by atoms with E-state index < -0.39 is 5.54 Å². The number of rotatable bonds is 4. The summed E-state index contributed by atoms with van der Waals surface area (Å²) in [4.78, 5) is 4.33. The number of nitrogens with zero attached hydrogens (tertiary/aromatic N) is 2. The van der Waals surface area contributed by atoms with E-state index in [1.54, 1.807) is 14.0 Å². The summed E-state index contributed by atoms with van der Waals surface area (Å²) < 4.78 is 11.4. The molecule has 1 heterocycles. The largest absolute Gasteiger partial charge is 0.382 e. The number of halogens is 1. The van der Waals surface area contributed by atoms with E-state index in [0.717, 1.165) is 9.13 Å². The monoisotopic (exact) mass is 359 g/mol. The number of hydrogen-bond acceptors (Lipinski definition) is 5. The Morgan fingerprint density at radius 1 is 1.50 bits per heavy atom. The van der Waals surface area contributed by atoms with E-state index in [0.29, 0.717) is 18.3 Å². The summed E-state index contributed by atoms with van der Waals surface area (Å²) in [6.07, 6.45) is 0. The Balaban J connectivity index is 2.31. The number of methoxy groups -OCH3 is 1. The first-order chi connectivity index (χ1) is 8.53. The maximum Gasteiger partial charge on any atom is 0.258 e.